The first kappa shape index (κ1) is 13.8. The number of aryl methyl sites for hydroxylation is 1. The van der Waals surface area contributed by atoms with Gasteiger partial charge in [-0.25, -0.2) is 0 Å². The molecule has 2 aromatic rings. The Bertz CT molecular complexity index is 783. The first-order chi connectivity index (χ1) is 10.6. The number of rotatable bonds is 2. The molecule has 1 atom stereocenters. The van der Waals surface area contributed by atoms with Crippen LogP contribution in [-0.4, -0.2) is 8.07 Å². The molecule has 0 nitrogen and oxygen atoms in total. The Kier molecular flexibility index (Phi) is 3.02. The third-order valence-corrected chi connectivity index (χ3v) is 9.72. The van der Waals surface area contributed by atoms with Crippen molar-refractivity contribution in [2.45, 2.75) is 31.1 Å². The summed E-state index contributed by atoms with van der Waals surface area (Å²) in [6.07, 6.45) is 9.26. The van der Waals surface area contributed by atoms with Crippen molar-refractivity contribution < 1.29 is 0 Å². The summed E-state index contributed by atoms with van der Waals surface area (Å²) in [5.41, 5.74) is 8.75. The molecule has 2 aromatic carbocycles. The third-order valence-electron chi connectivity index (χ3n) is 5.53. The summed E-state index contributed by atoms with van der Waals surface area (Å²) in [5, 5.41) is 0. The zero-order valence-electron chi connectivity index (χ0n) is 13.5. The van der Waals surface area contributed by atoms with Gasteiger partial charge in [-0.3, -0.25) is 0 Å². The Morgan fingerprint density at radius 1 is 0.818 bits per heavy atom. The van der Waals surface area contributed by atoms with Crippen LogP contribution in [0.1, 0.15) is 22.2 Å². The fourth-order valence-electron chi connectivity index (χ4n) is 4.34. The van der Waals surface area contributed by atoms with Gasteiger partial charge in [0.05, 0.1) is 8.07 Å². The van der Waals surface area contributed by atoms with Gasteiger partial charge in [0.1, 0.15) is 0 Å². The molecule has 1 unspecified atom stereocenters. The van der Waals surface area contributed by atoms with Gasteiger partial charge in [0, 0.05) is 5.54 Å². The minimum Gasteiger partial charge on any atom is -0.0803 e. The molecule has 0 N–H and O–H groups in total. The predicted molar refractivity (Wildman–Crippen MR) is 98.0 cm³/mol. The number of allylic oxidation sites excluding steroid dienone is 4. The lowest BCUT2D eigenvalue weighted by Gasteiger charge is -2.36. The van der Waals surface area contributed by atoms with Gasteiger partial charge in [-0.15, -0.1) is 0 Å². The van der Waals surface area contributed by atoms with E-state index in [1.54, 1.807) is 11.1 Å². The van der Waals surface area contributed by atoms with Gasteiger partial charge in [-0.2, -0.15) is 0 Å². The lowest BCUT2D eigenvalue weighted by Crippen LogP contribution is -2.38. The average molecular weight is 302 g/mol. The Balaban J connectivity index is 1.96. The standard InChI is InChI=1S/C21H22Si/c1-15-9-8-14-18-17-12-6-7-13-19(17)21(20(15)18)22(2,3)16-10-4-5-11-16/h4-14,16,21H,1-3H3. The quantitative estimate of drug-likeness (QED) is 0.610. The van der Waals surface area contributed by atoms with Crippen LogP contribution >= 0.6 is 0 Å². The van der Waals surface area contributed by atoms with E-state index >= 15 is 0 Å². The monoisotopic (exact) mass is 302 g/mol. The summed E-state index contributed by atoms with van der Waals surface area (Å²) in [6, 6.07) is 15.8. The van der Waals surface area contributed by atoms with Gasteiger partial charge in [-0.05, 0) is 40.3 Å². The van der Waals surface area contributed by atoms with E-state index in [-0.39, 0.29) is 0 Å². The molecule has 0 spiro atoms. The minimum atomic E-state index is -1.54. The van der Waals surface area contributed by atoms with E-state index in [1.165, 1.54) is 16.7 Å². The molecule has 0 bridgehead atoms. The van der Waals surface area contributed by atoms with E-state index in [0.29, 0.717) is 11.1 Å². The Labute approximate surface area is 134 Å². The van der Waals surface area contributed by atoms with E-state index in [0.717, 1.165) is 0 Å². The highest BCUT2D eigenvalue weighted by molar-refractivity contribution is 6.82. The maximum absolute atomic E-state index is 2.56. The van der Waals surface area contributed by atoms with Gasteiger partial charge in [0.15, 0.2) is 0 Å². The fraction of sp³-hybridized carbons (Fsp3) is 0.238. The van der Waals surface area contributed by atoms with Crippen molar-refractivity contribution in [1.82, 2.24) is 0 Å². The molecule has 4 rings (SSSR count). The van der Waals surface area contributed by atoms with Gasteiger partial charge >= 0.3 is 0 Å². The number of hydrogen-bond donors (Lipinski definition) is 0. The molecule has 110 valence electrons. The first-order valence-corrected chi connectivity index (χ1v) is 11.3. The van der Waals surface area contributed by atoms with Crippen LogP contribution in [0, 0.1) is 6.92 Å². The summed E-state index contributed by atoms with van der Waals surface area (Å²) in [4.78, 5) is 0. The van der Waals surface area contributed by atoms with E-state index < -0.39 is 8.07 Å². The topological polar surface area (TPSA) is 0 Å². The molecule has 0 aliphatic heterocycles. The Morgan fingerprint density at radius 3 is 2.27 bits per heavy atom. The second-order valence-corrected chi connectivity index (χ2v) is 12.1. The van der Waals surface area contributed by atoms with Crippen molar-refractivity contribution in [3.8, 4) is 11.1 Å². The van der Waals surface area contributed by atoms with Crippen LogP contribution in [0.4, 0.5) is 0 Å². The van der Waals surface area contributed by atoms with Crippen LogP contribution in [0.2, 0.25) is 18.6 Å². The molecule has 0 fully saturated rings. The van der Waals surface area contributed by atoms with E-state index in [4.69, 9.17) is 0 Å². The summed E-state index contributed by atoms with van der Waals surface area (Å²) in [7, 11) is -1.54. The molecule has 0 radical (unpaired) electrons. The molecule has 0 heterocycles. The molecule has 0 saturated carbocycles. The molecule has 1 heteroatoms. The second kappa shape index (κ2) is 4.82. The zero-order valence-corrected chi connectivity index (χ0v) is 14.5. The van der Waals surface area contributed by atoms with E-state index in [9.17, 15) is 0 Å². The molecular formula is C21H22Si. The predicted octanol–water partition coefficient (Wildman–Crippen LogP) is 5.85. The molecule has 0 aromatic heterocycles. The van der Waals surface area contributed by atoms with Crippen LogP contribution < -0.4 is 0 Å². The summed E-state index contributed by atoms with van der Waals surface area (Å²) in [5.74, 6) is 0. The van der Waals surface area contributed by atoms with Crippen molar-refractivity contribution in [3.05, 3.63) is 83.5 Å². The maximum atomic E-state index is 2.56. The van der Waals surface area contributed by atoms with Crippen LogP contribution in [0.5, 0.6) is 0 Å². The number of hydrogen-bond acceptors (Lipinski definition) is 0. The van der Waals surface area contributed by atoms with Crippen LogP contribution in [0.25, 0.3) is 11.1 Å². The summed E-state index contributed by atoms with van der Waals surface area (Å²) in [6.45, 7) is 7.39. The van der Waals surface area contributed by atoms with Crippen molar-refractivity contribution in [2.24, 2.45) is 0 Å². The van der Waals surface area contributed by atoms with Crippen molar-refractivity contribution in [1.29, 1.82) is 0 Å². The van der Waals surface area contributed by atoms with Crippen LogP contribution in [0.15, 0.2) is 66.8 Å². The smallest absolute Gasteiger partial charge is 0.0715 e. The van der Waals surface area contributed by atoms with Crippen LogP contribution in [0.3, 0.4) is 0 Å². The fourth-order valence-corrected chi connectivity index (χ4v) is 8.12. The molecule has 2 aliphatic carbocycles. The number of benzene rings is 2. The van der Waals surface area contributed by atoms with E-state index in [2.05, 4.69) is 86.8 Å². The highest BCUT2D eigenvalue weighted by atomic mass is 28.3. The minimum absolute atomic E-state index is 0.595. The lowest BCUT2D eigenvalue weighted by molar-refractivity contribution is 1.05. The number of fused-ring (bicyclic) bond motifs is 3. The Morgan fingerprint density at radius 2 is 1.50 bits per heavy atom. The third kappa shape index (κ3) is 1.82. The van der Waals surface area contributed by atoms with Crippen LogP contribution in [-0.2, 0) is 0 Å². The molecular weight excluding hydrogens is 280 g/mol. The summed E-state index contributed by atoms with van der Waals surface area (Å²) >= 11 is 0. The van der Waals surface area contributed by atoms with Gasteiger partial charge in [-0.1, -0.05) is 79.9 Å². The maximum Gasteiger partial charge on any atom is 0.0715 e. The summed E-state index contributed by atoms with van der Waals surface area (Å²) < 4.78 is 0. The Hall–Kier alpha value is -1.86. The average Bonchev–Trinajstić information content (AvgIpc) is 3.14. The zero-order chi connectivity index (χ0) is 15.3. The van der Waals surface area contributed by atoms with Crippen molar-refractivity contribution >= 4 is 8.07 Å². The first-order valence-electron chi connectivity index (χ1n) is 8.14. The van der Waals surface area contributed by atoms with Crippen molar-refractivity contribution in [3.63, 3.8) is 0 Å². The molecule has 0 saturated heterocycles. The van der Waals surface area contributed by atoms with Gasteiger partial charge in [0.25, 0.3) is 0 Å². The normalized spacial score (nSPS) is 19.5. The van der Waals surface area contributed by atoms with Crippen molar-refractivity contribution in [2.75, 3.05) is 0 Å². The molecule has 0 amide bonds. The highest BCUT2D eigenvalue weighted by Crippen LogP contribution is 2.53. The second-order valence-electron chi connectivity index (χ2n) is 7.17. The molecule has 2 aliphatic rings. The van der Waals surface area contributed by atoms with Gasteiger partial charge in [0.2, 0.25) is 0 Å². The van der Waals surface area contributed by atoms with Gasteiger partial charge < -0.3 is 0 Å². The van der Waals surface area contributed by atoms with E-state index in [1.807, 2.05) is 0 Å². The highest BCUT2D eigenvalue weighted by Gasteiger charge is 2.44. The SMILES string of the molecule is Cc1cccc2c1C([Si](C)(C)C1C=CC=C1)c1ccccc1-2. The largest absolute Gasteiger partial charge is 0.0803 e. The lowest BCUT2D eigenvalue weighted by atomic mass is 10.0. The molecule has 22 heavy (non-hydrogen) atoms.